The molecule has 2 heteroatoms. The topological polar surface area (TPSA) is 26.3 Å². The number of benzene rings is 16. The highest BCUT2D eigenvalue weighted by molar-refractivity contribution is 6.27. The van der Waals surface area contributed by atoms with E-state index in [-0.39, 0.29) is 0 Å². The van der Waals surface area contributed by atoms with E-state index in [1.807, 2.05) is 0 Å². The summed E-state index contributed by atoms with van der Waals surface area (Å²) >= 11 is 0. The summed E-state index contributed by atoms with van der Waals surface area (Å²) in [6.07, 6.45) is 0. The van der Waals surface area contributed by atoms with Crippen molar-refractivity contribution < 1.29 is 8.83 Å². The minimum Gasteiger partial charge on any atom is -0.456 e. The molecule has 0 fully saturated rings. The molecule has 0 unspecified atom stereocenters. The number of hydrogen-bond donors (Lipinski definition) is 0. The third-order valence-corrected chi connectivity index (χ3v) is 18.4. The van der Waals surface area contributed by atoms with E-state index in [2.05, 4.69) is 315 Å². The van der Waals surface area contributed by atoms with Crippen molar-refractivity contribution in [2.45, 2.75) is 0 Å². The smallest absolute Gasteiger partial charge is 0.136 e. The molecule has 2 heterocycles. The van der Waals surface area contributed by atoms with Crippen LogP contribution in [0.5, 0.6) is 0 Å². The summed E-state index contributed by atoms with van der Waals surface area (Å²) in [6, 6.07) is 115. The zero-order chi connectivity index (χ0) is 57.8. The fourth-order valence-corrected chi connectivity index (χ4v) is 14.5. The summed E-state index contributed by atoms with van der Waals surface area (Å²) in [5.74, 6) is 0. The lowest BCUT2D eigenvalue weighted by Crippen LogP contribution is -1.92. The van der Waals surface area contributed by atoms with Crippen LogP contribution in [0.2, 0.25) is 0 Å². The van der Waals surface area contributed by atoms with Crippen molar-refractivity contribution in [3.05, 3.63) is 315 Å². The van der Waals surface area contributed by atoms with Gasteiger partial charge in [-0.3, -0.25) is 0 Å². The number of fused-ring (bicyclic) bond motifs is 11. The SMILES string of the molecule is c1ccc(-c2ccc3oc4ccc(-c5c6ccccc6c(-c6ccccc6)c6ccc(-c7ccc8ccc(-c9ccc%10c(c9)oc9cccc(-c%11c%12ccccc%12c(-c%12ccccc%12)c%12ccccc%11%12)c9%10)cc8c7)cc56)cc4c3c2-c2ccccc2)cc1. The van der Waals surface area contributed by atoms with E-state index in [0.717, 1.165) is 77.3 Å². The van der Waals surface area contributed by atoms with Crippen molar-refractivity contribution in [3.8, 4) is 89.0 Å². The van der Waals surface area contributed by atoms with Crippen molar-refractivity contribution in [1.29, 1.82) is 0 Å². The first kappa shape index (κ1) is 49.8. The molecule has 0 bridgehead atoms. The molecule has 18 rings (SSSR count). The van der Waals surface area contributed by atoms with Crippen LogP contribution in [-0.2, 0) is 0 Å². The van der Waals surface area contributed by atoms with Crippen molar-refractivity contribution in [2.75, 3.05) is 0 Å². The standard InChI is InChI=1S/C86H52O2/c1-5-20-54(21-6-1)64-45-47-78-86(83(64)57-26-11-4-12-27-57)75-51-62(42-46-76(75)87-78)82-66-29-14-13-28-65(66)81(56-24-9-3-10-25-56)71-43-40-60(50-74(71)82)58-38-36-53-37-39-59(49-63(53)48-58)61-41-44-72-79(52-61)88-77-35-19-34-73(85(72)77)84-69-32-17-15-30-67(69)80(55-22-7-2-8-23-55)68-31-16-18-33-70(68)84/h1-52H. The van der Waals surface area contributed by atoms with Crippen molar-refractivity contribution in [2.24, 2.45) is 0 Å². The van der Waals surface area contributed by atoms with Gasteiger partial charge in [0, 0.05) is 27.1 Å². The Labute approximate surface area is 508 Å². The molecule has 2 aromatic heterocycles. The molecule has 0 saturated carbocycles. The molecule has 0 aliphatic heterocycles. The van der Waals surface area contributed by atoms with Gasteiger partial charge in [0.15, 0.2) is 0 Å². The Hall–Kier alpha value is -11.6. The van der Waals surface area contributed by atoms with Gasteiger partial charge in [0.1, 0.15) is 22.3 Å². The van der Waals surface area contributed by atoms with Gasteiger partial charge >= 0.3 is 0 Å². The molecule has 2 nitrogen and oxygen atoms in total. The van der Waals surface area contributed by atoms with E-state index >= 15 is 0 Å². The molecular weight excluding hydrogens is 1060 g/mol. The van der Waals surface area contributed by atoms with E-state index < -0.39 is 0 Å². The maximum Gasteiger partial charge on any atom is 0.136 e. The van der Waals surface area contributed by atoms with Crippen LogP contribution >= 0.6 is 0 Å². The van der Waals surface area contributed by atoms with Crippen LogP contribution in [-0.4, -0.2) is 0 Å². The maximum atomic E-state index is 6.87. The third-order valence-electron chi connectivity index (χ3n) is 18.4. The second-order valence-corrected chi connectivity index (χ2v) is 23.3. The monoisotopic (exact) mass is 1120 g/mol. The van der Waals surface area contributed by atoms with Gasteiger partial charge in [-0.05, 0) is 192 Å². The van der Waals surface area contributed by atoms with E-state index in [0.29, 0.717) is 0 Å². The molecular formula is C86H52O2. The Morgan fingerprint density at radius 3 is 1.15 bits per heavy atom. The lowest BCUT2D eigenvalue weighted by Gasteiger charge is -2.19. The van der Waals surface area contributed by atoms with Gasteiger partial charge in [-0.15, -0.1) is 0 Å². The Bertz CT molecular complexity index is 5780. The predicted molar refractivity (Wildman–Crippen MR) is 372 cm³/mol. The zero-order valence-corrected chi connectivity index (χ0v) is 47.8. The fraction of sp³-hybridized carbons (Fsp3) is 0. The normalized spacial score (nSPS) is 11.9. The molecule has 0 N–H and O–H groups in total. The van der Waals surface area contributed by atoms with Crippen molar-refractivity contribution in [3.63, 3.8) is 0 Å². The van der Waals surface area contributed by atoms with Gasteiger partial charge in [-0.1, -0.05) is 261 Å². The van der Waals surface area contributed by atoms with E-state index in [1.165, 1.54) is 109 Å². The quantitative estimate of drug-likeness (QED) is 0.142. The highest BCUT2D eigenvalue weighted by Crippen LogP contribution is 2.50. The molecule has 0 aliphatic rings. The summed E-state index contributed by atoms with van der Waals surface area (Å²) in [5.41, 5.74) is 22.3. The van der Waals surface area contributed by atoms with Crippen LogP contribution in [0.3, 0.4) is 0 Å². The first-order valence-corrected chi connectivity index (χ1v) is 30.3. The van der Waals surface area contributed by atoms with Crippen LogP contribution in [0.4, 0.5) is 0 Å². The van der Waals surface area contributed by atoms with Crippen LogP contribution in [0, 0.1) is 0 Å². The first-order chi connectivity index (χ1) is 43.6. The van der Waals surface area contributed by atoms with Crippen molar-refractivity contribution >= 4 is 97.7 Å². The average molecular weight is 1120 g/mol. The second kappa shape index (κ2) is 20.0. The van der Waals surface area contributed by atoms with Crippen LogP contribution < -0.4 is 0 Å². The fourth-order valence-electron chi connectivity index (χ4n) is 14.5. The first-order valence-electron chi connectivity index (χ1n) is 30.3. The zero-order valence-electron chi connectivity index (χ0n) is 47.8. The maximum absolute atomic E-state index is 6.87. The molecule has 408 valence electrons. The highest BCUT2D eigenvalue weighted by Gasteiger charge is 2.24. The van der Waals surface area contributed by atoms with Crippen LogP contribution in [0.25, 0.3) is 187 Å². The van der Waals surface area contributed by atoms with Gasteiger partial charge in [-0.25, -0.2) is 0 Å². The second-order valence-electron chi connectivity index (χ2n) is 23.3. The van der Waals surface area contributed by atoms with E-state index in [1.54, 1.807) is 0 Å². The number of rotatable bonds is 8. The summed E-state index contributed by atoms with van der Waals surface area (Å²) in [6.45, 7) is 0. The van der Waals surface area contributed by atoms with Crippen molar-refractivity contribution in [1.82, 2.24) is 0 Å². The molecule has 0 amide bonds. The minimum atomic E-state index is 0.863. The largest absolute Gasteiger partial charge is 0.456 e. The van der Waals surface area contributed by atoms with Gasteiger partial charge in [-0.2, -0.15) is 0 Å². The molecule has 16 aromatic carbocycles. The summed E-state index contributed by atoms with van der Waals surface area (Å²) in [7, 11) is 0. The molecule has 0 atom stereocenters. The van der Waals surface area contributed by atoms with Gasteiger partial charge in [0.2, 0.25) is 0 Å². The molecule has 0 aliphatic carbocycles. The van der Waals surface area contributed by atoms with E-state index in [4.69, 9.17) is 8.83 Å². The summed E-state index contributed by atoms with van der Waals surface area (Å²) in [5, 5.41) is 16.5. The van der Waals surface area contributed by atoms with Crippen LogP contribution in [0.1, 0.15) is 0 Å². The molecule has 0 spiro atoms. The van der Waals surface area contributed by atoms with Crippen LogP contribution in [0.15, 0.2) is 324 Å². The molecule has 18 aromatic rings. The molecule has 0 saturated heterocycles. The Morgan fingerprint density at radius 2 is 0.568 bits per heavy atom. The third kappa shape index (κ3) is 7.89. The van der Waals surface area contributed by atoms with Gasteiger partial charge in [0.05, 0.1) is 0 Å². The molecule has 0 radical (unpaired) electrons. The summed E-state index contributed by atoms with van der Waals surface area (Å²) < 4.78 is 13.7. The summed E-state index contributed by atoms with van der Waals surface area (Å²) in [4.78, 5) is 0. The van der Waals surface area contributed by atoms with Gasteiger partial charge in [0.25, 0.3) is 0 Å². The predicted octanol–water partition coefficient (Wildman–Crippen LogP) is 24.6. The Balaban J connectivity index is 0.781. The lowest BCUT2D eigenvalue weighted by molar-refractivity contribution is 0.668. The van der Waals surface area contributed by atoms with Gasteiger partial charge < -0.3 is 8.83 Å². The number of hydrogen-bond acceptors (Lipinski definition) is 2. The number of furan rings is 2. The Kier molecular flexibility index (Phi) is 11.3. The molecule has 88 heavy (non-hydrogen) atoms. The minimum absolute atomic E-state index is 0.863. The van der Waals surface area contributed by atoms with E-state index in [9.17, 15) is 0 Å². The Morgan fingerprint density at radius 1 is 0.159 bits per heavy atom. The highest BCUT2D eigenvalue weighted by atomic mass is 16.3. The average Bonchev–Trinajstić information content (AvgIpc) is 1.30. The lowest BCUT2D eigenvalue weighted by atomic mass is 9.84.